The van der Waals surface area contributed by atoms with Gasteiger partial charge in [-0.3, -0.25) is 4.79 Å². The summed E-state index contributed by atoms with van der Waals surface area (Å²) < 4.78 is 15.0. The van der Waals surface area contributed by atoms with Crippen molar-refractivity contribution in [1.82, 2.24) is 9.47 Å². The average molecular weight is 286 g/mol. The third-order valence-corrected chi connectivity index (χ3v) is 4.03. The third-order valence-electron chi connectivity index (χ3n) is 4.03. The van der Waals surface area contributed by atoms with E-state index in [1.54, 1.807) is 12.1 Å². The molecule has 110 valence electrons. The van der Waals surface area contributed by atoms with Crippen molar-refractivity contribution >= 4 is 5.91 Å². The van der Waals surface area contributed by atoms with Crippen molar-refractivity contribution in [1.29, 1.82) is 0 Å². The van der Waals surface area contributed by atoms with Crippen molar-refractivity contribution in [2.75, 3.05) is 13.1 Å². The smallest absolute Gasteiger partial charge is 0.270 e. The molecule has 2 heterocycles. The molecule has 1 amide bonds. The number of rotatable bonds is 3. The maximum atomic E-state index is 13.0. The van der Waals surface area contributed by atoms with E-state index in [4.69, 9.17) is 0 Å². The molecule has 3 nitrogen and oxygen atoms in total. The molecule has 0 radical (unpaired) electrons. The number of nitrogens with zero attached hydrogens (tertiary/aromatic N) is 2. The highest BCUT2D eigenvalue weighted by Gasteiger charge is 2.22. The van der Waals surface area contributed by atoms with Crippen LogP contribution in [0.5, 0.6) is 0 Å². The summed E-state index contributed by atoms with van der Waals surface area (Å²) >= 11 is 0. The van der Waals surface area contributed by atoms with Crippen LogP contribution in [0.2, 0.25) is 0 Å². The van der Waals surface area contributed by atoms with E-state index in [0.717, 1.165) is 49.3 Å². The molecule has 0 spiro atoms. The lowest BCUT2D eigenvalue weighted by Gasteiger charge is -2.16. The fraction of sp³-hybridized carbons (Fsp3) is 0.353. The van der Waals surface area contributed by atoms with Crippen molar-refractivity contribution in [3.8, 4) is 11.1 Å². The minimum absolute atomic E-state index is 0.0997. The normalized spacial score (nSPS) is 14.7. The van der Waals surface area contributed by atoms with Crippen LogP contribution in [0.15, 0.2) is 36.5 Å². The van der Waals surface area contributed by atoms with Gasteiger partial charge in [0.25, 0.3) is 5.91 Å². The second-order valence-electron chi connectivity index (χ2n) is 5.41. The first kappa shape index (κ1) is 13.9. The van der Waals surface area contributed by atoms with Gasteiger partial charge in [-0.25, -0.2) is 4.39 Å². The van der Waals surface area contributed by atoms with Crippen LogP contribution in [0.4, 0.5) is 4.39 Å². The molecule has 1 aromatic carbocycles. The van der Waals surface area contributed by atoms with E-state index in [-0.39, 0.29) is 11.7 Å². The first-order valence-corrected chi connectivity index (χ1v) is 7.44. The van der Waals surface area contributed by atoms with Gasteiger partial charge < -0.3 is 9.47 Å². The summed E-state index contributed by atoms with van der Waals surface area (Å²) in [5.41, 5.74) is 2.61. The number of carbonyl (C=O) groups excluding carboxylic acids is 1. The minimum Gasteiger partial charge on any atom is -0.343 e. The van der Waals surface area contributed by atoms with Gasteiger partial charge in [-0.2, -0.15) is 0 Å². The topological polar surface area (TPSA) is 25.2 Å². The van der Waals surface area contributed by atoms with Crippen LogP contribution in [-0.4, -0.2) is 28.5 Å². The van der Waals surface area contributed by atoms with Crippen molar-refractivity contribution in [3.63, 3.8) is 0 Å². The number of aryl methyl sites for hydroxylation is 1. The second-order valence-corrected chi connectivity index (χ2v) is 5.41. The van der Waals surface area contributed by atoms with Crippen LogP contribution in [0.3, 0.4) is 0 Å². The van der Waals surface area contributed by atoms with Gasteiger partial charge in [-0.1, -0.05) is 12.1 Å². The summed E-state index contributed by atoms with van der Waals surface area (Å²) in [5.74, 6) is -0.148. The zero-order valence-corrected chi connectivity index (χ0v) is 12.2. The molecular formula is C17H19FN2O. The van der Waals surface area contributed by atoms with Gasteiger partial charge in [0, 0.05) is 31.4 Å². The molecule has 0 unspecified atom stereocenters. The molecular weight excluding hydrogens is 267 g/mol. The lowest BCUT2D eigenvalue weighted by molar-refractivity contribution is 0.0782. The molecule has 0 aliphatic carbocycles. The standard InChI is InChI=1S/C17H19FN2O/c1-2-19-12-14(13-5-7-15(18)8-6-13)11-16(19)17(21)20-9-3-4-10-20/h5-8,11-12H,2-4,9-10H2,1H3. The van der Waals surface area contributed by atoms with Gasteiger partial charge in [0.2, 0.25) is 0 Å². The fourth-order valence-corrected chi connectivity index (χ4v) is 2.83. The molecule has 1 aliphatic heterocycles. The van der Waals surface area contributed by atoms with E-state index in [1.807, 2.05) is 28.7 Å². The summed E-state index contributed by atoms with van der Waals surface area (Å²) in [6.45, 7) is 4.46. The first-order chi connectivity index (χ1) is 10.2. The Balaban J connectivity index is 1.94. The molecule has 1 aromatic heterocycles. The molecule has 2 aromatic rings. The number of hydrogen-bond acceptors (Lipinski definition) is 1. The van der Waals surface area contributed by atoms with Gasteiger partial charge in [0.1, 0.15) is 11.5 Å². The number of halogens is 1. The van der Waals surface area contributed by atoms with Crippen molar-refractivity contribution in [2.45, 2.75) is 26.3 Å². The molecule has 0 atom stereocenters. The SMILES string of the molecule is CCn1cc(-c2ccc(F)cc2)cc1C(=O)N1CCCC1. The average Bonchev–Trinajstić information content (AvgIpc) is 3.17. The Morgan fingerprint density at radius 3 is 2.43 bits per heavy atom. The Kier molecular flexibility index (Phi) is 3.78. The Morgan fingerprint density at radius 2 is 1.81 bits per heavy atom. The van der Waals surface area contributed by atoms with Crippen molar-refractivity contribution < 1.29 is 9.18 Å². The molecule has 1 fully saturated rings. The number of carbonyl (C=O) groups is 1. The Bertz CT molecular complexity index is 639. The van der Waals surface area contributed by atoms with Crippen molar-refractivity contribution in [2.24, 2.45) is 0 Å². The highest BCUT2D eigenvalue weighted by atomic mass is 19.1. The molecule has 1 saturated heterocycles. The number of aromatic nitrogens is 1. The van der Waals surface area contributed by atoms with Crippen LogP contribution >= 0.6 is 0 Å². The molecule has 3 rings (SSSR count). The molecule has 0 bridgehead atoms. The summed E-state index contributed by atoms with van der Waals surface area (Å²) in [6, 6.07) is 8.29. The first-order valence-electron chi connectivity index (χ1n) is 7.44. The Morgan fingerprint density at radius 1 is 1.14 bits per heavy atom. The third kappa shape index (κ3) is 2.71. The summed E-state index contributed by atoms with van der Waals surface area (Å²) in [6.07, 6.45) is 4.14. The summed E-state index contributed by atoms with van der Waals surface area (Å²) in [5, 5.41) is 0. The predicted octanol–water partition coefficient (Wildman–Crippen LogP) is 3.55. The number of likely N-dealkylation sites (tertiary alicyclic amines) is 1. The number of hydrogen-bond donors (Lipinski definition) is 0. The zero-order chi connectivity index (χ0) is 14.8. The van der Waals surface area contributed by atoms with Crippen LogP contribution < -0.4 is 0 Å². The van der Waals surface area contributed by atoms with Gasteiger partial charge in [-0.05, 0) is 43.5 Å². The zero-order valence-electron chi connectivity index (χ0n) is 12.2. The summed E-state index contributed by atoms with van der Waals surface area (Å²) in [7, 11) is 0. The van der Waals surface area contributed by atoms with Crippen LogP contribution in [0.25, 0.3) is 11.1 Å². The maximum Gasteiger partial charge on any atom is 0.270 e. The molecule has 0 saturated carbocycles. The van der Waals surface area contributed by atoms with Crippen molar-refractivity contribution in [3.05, 3.63) is 48.0 Å². The van der Waals surface area contributed by atoms with E-state index in [2.05, 4.69) is 0 Å². The van der Waals surface area contributed by atoms with E-state index in [9.17, 15) is 9.18 Å². The Hall–Kier alpha value is -2.10. The fourth-order valence-electron chi connectivity index (χ4n) is 2.83. The maximum absolute atomic E-state index is 13.0. The van der Waals surface area contributed by atoms with Gasteiger partial charge in [0.15, 0.2) is 0 Å². The molecule has 0 N–H and O–H groups in total. The van der Waals surface area contributed by atoms with E-state index < -0.39 is 0 Å². The van der Waals surface area contributed by atoms with E-state index >= 15 is 0 Å². The number of amides is 1. The van der Waals surface area contributed by atoms with E-state index in [0.29, 0.717) is 0 Å². The monoisotopic (exact) mass is 286 g/mol. The quantitative estimate of drug-likeness (QED) is 0.847. The predicted molar refractivity (Wildman–Crippen MR) is 80.6 cm³/mol. The van der Waals surface area contributed by atoms with Crippen LogP contribution in [-0.2, 0) is 6.54 Å². The largest absolute Gasteiger partial charge is 0.343 e. The Labute approximate surface area is 124 Å². The highest BCUT2D eigenvalue weighted by Crippen LogP contribution is 2.24. The molecule has 21 heavy (non-hydrogen) atoms. The van der Waals surface area contributed by atoms with Crippen LogP contribution in [0.1, 0.15) is 30.3 Å². The van der Waals surface area contributed by atoms with Gasteiger partial charge in [0.05, 0.1) is 0 Å². The lowest BCUT2D eigenvalue weighted by Crippen LogP contribution is -2.29. The highest BCUT2D eigenvalue weighted by molar-refractivity contribution is 5.94. The lowest BCUT2D eigenvalue weighted by atomic mass is 10.1. The van der Waals surface area contributed by atoms with Gasteiger partial charge in [-0.15, -0.1) is 0 Å². The number of benzene rings is 1. The van der Waals surface area contributed by atoms with E-state index in [1.165, 1.54) is 12.1 Å². The molecule has 4 heteroatoms. The second kappa shape index (κ2) is 5.72. The molecule has 1 aliphatic rings. The van der Waals surface area contributed by atoms with Crippen LogP contribution in [0, 0.1) is 5.82 Å². The van der Waals surface area contributed by atoms with Gasteiger partial charge >= 0.3 is 0 Å². The summed E-state index contributed by atoms with van der Waals surface area (Å²) in [4.78, 5) is 14.5. The minimum atomic E-state index is -0.248.